The van der Waals surface area contributed by atoms with Gasteiger partial charge in [0, 0.05) is 13.1 Å². The highest BCUT2D eigenvalue weighted by atomic mass is 16.5. The number of ether oxygens (including phenoxy) is 1. The zero-order valence-corrected chi connectivity index (χ0v) is 33.9. The van der Waals surface area contributed by atoms with E-state index in [1.807, 2.05) is 74.2 Å². The predicted molar refractivity (Wildman–Crippen MR) is 214 cm³/mol. The first kappa shape index (κ1) is 48.0. The van der Waals surface area contributed by atoms with Gasteiger partial charge in [0.15, 0.2) is 5.78 Å². The Bertz CT molecular complexity index is 1370. The molecule has 0 saturated carbocycles. The summed E-state index contributed by atoms with van der Waals surface area (Å²) < 4.78 is 5.32. The van der Waals surface area contributed by atoms with Crippen LogP contribution in [-0.2, 0) is 35.1 Å². The maximum Gasteiger partial charge on any atom is 0.243 e. The number of amides is 3. The summed E-state index contributed by atoms with van der Waals surface area (Å²) in [6.07, 6.45) is 3.25. The van der Waals surface area contributed by atoms with E-state index in [1.54, 1.807) is 14.0 Å². The van der Waals surface area contributed by atoms with Crippen molar-refractivity contribution in [1.29, 1.82) is 0 Å². The van der Waals surface area contributed by atoms with Gasteiger partial charge in [-0.2, -0.15) is 0 Å². The van der Waals surface area contributed by atoms with Crippen LogP contribution in [0, 0.1) is 18.8 Å². The van der Waals surface area contributed by atoms with E-state index in [-0.39, 0.29) is 36.7 Å². The maximum absolute atomic E-state index is 13.2. The fourth-order valence-corrected chi connectivity index (χ4v) is 5.58. The van der Waals surface area contributed by atoms with E-state index in [0.717, 1.165) is 12.0 Å². The predicted octanol–water partition coefficient (Wildman–Crippen LogP) is 3.63. The van der Waals surface area contributed by atoms with Crippen molar-refractivity contribution >= 4 is 29.8 Å². The normalized spacial score (nSPS) is 15.5. The number of rotatable bonds is 19. The van der Waals surface area contributed by atoms with Gasteiger partial charge in [-0.25, -0.2) is 0 Å². The minimum absolute atomic E-state index is 0.101. The van der Waals surface area contributed by atoms with Crippen molar-refractivity contribution in [3.8, 4) is 0 Å². The number of nitrogens with one attached hydrogen (secondary N) is 4. The molecule has 1 saturated heterocycles. The summed E-state index contributed by atoms with van der Waals surface area (Å²) in [6.45, 7) is 16.1. The van der Waals surface area contributed by atoms with Crippen LogP contribution in [0.25, 0.3) is 0 Å². The van der Waals surface area contributed by atoms with Crippen LogP contribution in [-0.4, -0.2) is 110 Å². The van der Waals surface area contributed by atoms with Crippen LogP contribution in [0.4, 0.5) is 0 Å². The molecule has 2 aromatic rings. The number of aryl methyl sites for hydroxylation is 2. The third kappa shape index (κ3) is 20.5. The van der Waals surface area contributed by atoms with Crippen molar-refractivity contribution in [2.45, 2.75) is 104 Å². The molecule has 0 aliphatic carbocycles. The highest BCUT2D eigenvalue weighted by Crippen LogP contribution is 2.16. The Morgan fingerprint density at radius 3 is 1.89 bits per heavy atom. The first-order valence-corrected chi connectivity index (χ1v) is 19.2. The van der Waals surface area contributed by atoms with Gasteiger partial charge in [0.1, 0.15) is 24.0 Å². The number of likely N-dealkylation sites (N-methyl/N-ethyl adjacent to an activating group) is 1. The van der Waals surface area contributed by atoms with Gasteiger partial charge in [-0.15, -0.1) is 0 Å². The summed E-state index contributed by atoms with van der Waals surface area (Å²) in [5, 5.41) is 20.9. The molecule has 0 aromatic heterocycles. The molecule has 54 heavy (non-hydrogen) atoms. The topological polar surface area (TPSA) is 166 Å². The lowest BCUT2D eigenvalue weighted by Crippen LogP contribution is -2.55. The second-order valence-electron chi connectivity index (χ2n) is 14.8. The lowest BCUT2D eigenvalue weighted by atomic mass is 9.88. The average Bonchev–Trinajstić information content (AvgIpc) is 3.15. The van der Waals surface area contributed by atoms with Crippen molar-refractivity contribution in [2.75, 3.05) is 46.4 Å². The van der Waals surface area contributed by atoms with E-state index in [9.17, 15) is 29.1 Å². The van der Waals surface area contributed by atoms with E-state index in [2.05, 4.69) is 54.2 Å². The van der Waals surface area contributed by atoms with Gasteiger partial charge >= 0.3 is 0 Å². The number of benzene rings is 2. The molecule has 1 heterocycles. The maximum atomic E-state index is 13.2. The summed E-state index contributed by atoms with van der Waals surface area (Å²) in [5.74, 6) is -0.564. The third-order valence-electron chi connectivity index (χ3n) is 8.92. The lowest BCUT2D eigenvalue weighted by molar-refractivity contribution is -0.138. The average molecular weight is 754 g/mol. The van der Waals surface area contributed by atoms with Crippen molar-refractivity contribution < 1.29 is 33.8 Å². The van der Waals surface area contributed by atoms with Crippen LogP contribution in [0.1, 0.15) is 78.4 Å². The van der Waals surface area contributed by atoms with Crippen molar-refractivity contribution in [3.63, 3.8) is 0 Å². The number of hydrogen-bond donors (Lipinski definition) is 5. The fraction of sp³-hybridized carbons (Fsp3) is 0.595. The zero-order valence-electron chi connectivity index (χ0n) is 33.9. The molecule has 3 rings (SSSR count). The Kier molecular flexibility index (Phi) is 23.8. The first-order chi connectivity index (χ1) is 25.6. The molecule has 3 amide bonds. The second-order valence-corrected chi connectivity index (χ2v) is 14.8. The molecule has 1 aliphatic heterocycles. The molecule has 0 spiro atoms. The molecular weight excluding hydrogens is 686 g/mol. The van der Waals surface area contributed by atoms with E-state index in [1.165, 1.54) is 5.56 Å². The van der Waals surface area contributed by atoms with Gasteiger partial charge in [-0.3, -0.25) is 24.1 Å². The molecule has 5 N–H and O–H groups in total. The van der Waals surface area contributed by atoms with Crippen molar-refractivity contribution in [1.82, 2.24) is 26.2 Å². The number of carbonyl (C=O) groups is 5. The third-order valence-corrected chi connectivity index (χ3v) is 8.92. The Hall–Kier alpha value is -3.97. The number of Topliss-reactive ketones (excluding diaryl/α,β-unsaturated/α-hetero) is 1. The molecule has 0 radical (unpaired) electrons. The molecule has 12 nitrogen and oxygen atoms in total. The first-order valence-electron chi connectivity index (χ1n) is 19.2. The summed E-state index contributed by atoms with van der Waals surface area (Å²) in [4.78, 5) is 62.8. The number of ketones is 1. The summed E-state index contributed by atoms with van der Waals surface area (Å²) in [5.41, 5.74) is 1.19. The SMILES string of the molecule is CC(C)CC(NC(=O)[C@H](CCc1ccccc1)NC(=O)CN1CCOCC1)C(=O)NCC=O.CCC(C)(O)C(=O)C(CC(C)C)NC.Cc1ccccc1. The van der Waals surface area contributed by atoms with Gasteiger partial charge in [-0.05, 0) is 70.4 Å². The standard InChI is InChI=1S/C24H36N4O5.C11H23NO2.C7H8/c1-18(2)16-21(23(31)25-10-13-29)27-24(32)20(9-8-19-6-4-3-5-7-19)26-22(30)17-28-11-14-33-15-12-28;1-6-11(4,14)10(13)9(12-5)7-8(2)3;1-7-5-3-2-4-6-7/h3-7,13,18,20-21H,8-12,14-17H2,1-2H3,(H,25,31)(H,26,30)(H,27,32);8-9,12,14H,6-7H2,1-5H3;2-6H,1H3/t20-,21?;;/m0../s1. The van der Waals surface area contributed by atoms with E-state index in [0.29, 0.717) is 64.2 Å². The van der Waals surface area contributed by atoms with Gasteiger partial charge in [-0.1, -0.05) is 101 Å². The molecule has 12 heteroatoms. The highest BCUT2D eigenvalue weighted by molar-refractivity contribution is 5.93. The zero-order chi connectivity index (χ0) is 40.5. The second kappa shape index (κ2) is 26.7. The summed E-state index contributed by atoms with van der Waals surface area (Å²) in [7, 11) is 1.76. The number of carbonyl (C=O) groups excluding carboxylic acids is 5. The molecular formula is C42H67N5O7. The Morgan fingerprint density at radius 1 is 0.852 bits per heavy atom. The van der Waals surface area contributed by atoms with Crippen LogP contribution in [0.15, 0.2) is 60.7 Å². The lowest BCUT2D eigenvalue weighted by Gasteiger charge is -2.27. The molecule has 0 bridgehead atoms. The van der Waals surface area contributed by atoms with Gasteiger partial charge in [0.05, 0.1) is 32.3 Å². The van der Waals surface area contributed by atoms with Gasteiger partial charge in [0.25, 0.3) is 0 Å². The van der Waals surface area contributed by atoms with Crippen LogP contribution in [0.3, 0.4) is 0 Å². The number of nitrogens with zero attached hydrogens (tertiary/aromatic N) is 1. The van der Waals surface area contributed by atoms with Crippen LogP contribution in [0.2, 0.25) is 0 Å². The molecule has 302 valence electrons. The number of aliphatic hydroxyl groups is 1. The number of aldehydes is 1. The summed E-state index contributed by atoms with van der Waals surface area (Å²) in [6, 6.07) is 18.2. The molecule has 4 atom stereocenters. The molecule has 1 fully saturated rings. The van der Waals surface area contributed by atoms with E-state index < -0.39 is 29.5 Å². The minimum Gasteiger partial charge on any atom is -0.382 e. The van der Waals surface area contributed by atoms with Crippen LogP contribution in [0.5, 0.6) is 0 Å². The molecule has 1 aliphatic rings. The van der Waals surface area contributed by atoms with Crippen LogP contribution < -0.4 is 21.3 Å². The van der Waals surface area contributed by atoms with E-state index >= 15 is 0 Å². The fourth-order valence-electron chi connectivity index (χ4n) is 5.58. The van der Waals surface area contributed by atoms with E-state index in [4.69, 9.17) is 4.74 Å². The summed E-state index contributed by atoms with van der Waals surface area (Å²) >= 11 is 0. The Labute approximate surface area is 323 Å². The Morgan fingerprint density at radius 2 is 1.41 bits per heavy atom. The molecule has 2 aromatic carbocycles. The Balaban J connectivity index is 0.000000565. The minimum atomic E-state index is -1.19. The van der Waals surface area contributed by atoms with Crippen molar-refractivity contribution in [2.24, 2.45) is 11.8 Å². The monoisotopic (exact) mass is 754 g/mol. The van der Waals surface area contributed by atoms with Gasteiger partial charge < -0.3 is 35.9 Å². The smallest absolute Gasteiger partial charge is 0.243 e. The van der Waals surface area contributed by atoms with Crippen molar-refractivity contribution in [3.05, 3.63) is 71.8 Å². The van der Waals surface area contributed by atoms with Gasteiger partial charge in [0.2, 0.25) is 17.7 Å². The number of morpholine rings is 1. The molecule has 3 unspecified atom stereocenters. The highest BCUT2D eigenvalue weighted by Gasteiger charge is 2.33. The quantitative estimate of drug-likeness (QED) is 0.135. The largest absolute Gasteiger partial charge is 0.382 e. The van der Waals surface area contributed by atoms with Crippen LogP contribution >= 0.6 is 0 Å². The number of hydrogen-bond acceptors (Lipinski definition) is 9.